The summed E-state index contributed by atoms with van der Waals surface area (Å²) in [5, 5.41) is 11.7. The molecule has 3 aromatic rings. The standard InChI is InChI=1S/C25H26N2O3/c28-24(22-23(30-17-26-22)18-9-3-1-4-10-18)27-16-15-25(29,19-11-5-2-6-12-19)20-13-7-8-14-21(20)27/h1-6,9-12,17,20-21,29H,7-8,13-16H2/t20-,21+,25?/m0/s1. The summed E-state index contributed by atoms with van der Waals surface area (Å²) in [7, 11) is 0. The third-order valence-electron chi connectivity index (χ3n) is 6.82. The predicted molar refractivity (Wildman–Crippen MR) is 114 cm³/mol. The number of nitrogens with zero attached hydrogens (tertiary/aromatic N) is 2. The molecule has 5 nitrogen and oxygen atoms in total. The maximum Gasteiger partial charge on any atom is 0.276 e. The lowest BCUT2D eigenvalue weighted by Gasteiger charge is -2.52. The van der Waals surface area contributed by atoms with Crippen LogP contribution in [0.2, 0.25) is 0 Å². The van der Waals surface area contributed by atoms with Crippen LogP contribution in [0.3, 0.4) is 0 Å². The molecule has 30 heavy (non-hydrogen) atoms. The van der Waals surface area contributed by atoms with Crippen LogP contribution in [0.4, 0.5) is 0 Å². The number of fused-ring (bicyclic) bond motifs is 1. The lowest BCUT2D eigenvalue weighted by Crippen LogP contribution is -2.59. The van der Waals surface area contributed by atoms with Gasteiger partial charge in [-0.3, -0.25) is 4.79 Å². The van der Waals surface area contributed by atoms with Gasteiger partial charge in [-0.15, -0.1) is 0 Å². The van der Waals surface area contributed by atoms with Gasteiger partial charge in [0.2, 0.25) is 0 Å². The molecular weight excluding hydrogens is 376 g/mol. The molecule has 5 heteroatoms. The van der Waals surface area contributed by atoms with Gasteiger partial charge >= 0.3 is 0 Å². The maximum absolute atomic E-state index is 13.6. The summed E-state index contributed by atoms with van der Waals surface area (Å²) in [5.74, 6) is 0.435. The van der Waals surface area contributed by atoms with Gasteiger partial charge in [-0.25, -0.2) is 4.98 Å². The van der Waals surface area contributed by atoms with Crippen LogP contribution in [0.1, 0.15) is 48.2 Å². The Labute approximate surface area is 176 Å². The van der Waals surface area contributed by atoms with Crippen molar-refractivity contribution >= 4 is 5.91 Å². The lowest BCUT2D eigenvalue weighted by atomic mass is 9.66. The Balaban J connectivity index is 1.47. The largest absolute Gasteiger partial charge is 0.443 e. The normalized spacial score (nSPS) is 26.2. The number of aliphatic hydroxyl groups is 1. The number of likely N-dealkylation sites (tertiary alicyclic amines) is 1. The molecule has 1 aromatic heterocycles. The molecule has 1 N–H and O–H groups in total. The number of benzene rings is 2. The van der Waals surface area contributed by atoms with Crippen LogP contribution in [0.5, 0.6) is 0 Å². The van der Waals surface area contributed by atoms with E-state index in [2.05, 4.69) is 4.98 Å². The molecule has 2 aliphatic rings. The van der Waals surface area contributed by atoms with Crippen molar-refractivity contribution in [3.05, 3.63) is 78.3 Å². The summed E-state index contributed by atoms with van der Waals surface area (Å²) < 4.78 is 5.60. The number of hydrogen-bond acceptors (Lipinski definition) is 4. The van der Waals surface area contributed by atoms with Crippen molar-refractivity contribution in [1.82, 2.24) is 9.88 Å². The smallest absolute Gasteiger partial charge is 0.276 e. The van der Waals surface area contributed by atoms with Gasteiger partial charge < -0.3 is 14.4 Å². The molecule has 154 valence electrons. The Hall–Kier alpha value is -2.92. The van der Waals surface area contributed by atoms with Crippen LogP contribution in [0, 0.1) is 5.92 Å². The van der Waals surface area contributed by atoms with Gasteiger partial charge in [0.15, 0.2) is 17.8 Å². The molecule has 0 bridgehead atoms. The Morgan fingerprint density at radius 3 is 2.50 bits per heavy atom. The fourth-order valence-corrected chi connectivity index (χ4v) is 5.35. The molecule has 1 aliphatic carbocycles. The van der Waals surface area contributed by atoms with Crippen molar-refractivity contribution in [2.45, 2.75) is 43.7 Å². The Kier molecular flexibility index (Phi) is 4.91. The second-order valence-corrected chi connectivity index (χ2v) is 8.39. The van der Waals surface area contributed by atoms with Crippen molar-refractivity contribution in [1.29, 1.82) is 0 Å². The Morgan fingerprint density at radius 1 is 1.03 bits per heavy atom. The molecule has 3 atom stereocenters. The third-order valence-corrected chi connectivity index (χ3v) is 6.82. The Morgan fingerprint density at radius 2 is 1.73 bits per heavy atom. The van der Waals surface area contributed by atoms with E-state index in [1.165, 1.54) is 6.39 Å². The second-order valence-electron chi connectivity index (χ2n) is 8.39. The van der Waals surface area contributed by atoms with Gasteiger partial charge in [-0.05, 0) is 24.8 Å². The average Bonchev–Trinajstić information content (AvgIpc) is 3.30. The van der Waals surface area contributed by atoms with E-state index in [-0.39, 0.29) is 17.9 Å². The van der Waals surface area contributed by atoms with Crippen molar-refractivity contribution in [2.24, 2.45) is 5.92 Å². The van der Waals surface area contributed by atoms with Gasteiger partial charge in [-0.1, -0.05) is 73.5 Å². The molecule has 0 radical (unpaired) electrons. The van der Waals surface area contributed by atoms with Crippen molar-refractivity contribution in [2.75, 3.05) is 6.54 Å². The van der Waals surface area contributed by atoms with Crippen LogP contribution in [-0.4, -0.2) is 33.5 Å². The van der Waals surface area contributed by atoms with E-state index in [1.807, 2.05) is 65.6 Å². The van der Waals surface area contributed by atoms with Crippen LogP contribution in [0.25, 0.3) is 11.3 Å². The third kappa shape index (κ3) is 3.14. The molecule has 1 amide bonds. The monoisotopic (exact) mass is 402 g/mol. The first-order valence-corrected chi connectivity index (χ1v) is 10.8. The van der Waals surface area contributed by atoms with E-state index in [0.29, 0.717) is 24.4 Å². The minimum Gasteiger partial charge on any atom is -0.443 e. The zero-order valence-electron chi connectivity index (χ0n) is 16.9. The number of carbonyl (C=O) groups excluding carboxylic acids is 1. The molecule has 1 saturated carbocycles. The van der Waals surface area contributed by atoms with E-state index in [9.17, 15) is 9.90 Å². The van der Waals surface area contributed by atoms with Crippen molar-refractivity contribution < 1.29 is 14.3 Å². The molecule has 0 spiro atoms. The first-order chi connectivity index (χ1) is 14.7. The van der Waals surface area contributed by atoms with E-state index in [0.717, 1.165) is 36.8 Å². The first kappa shape index (κ1) is 19.1. The highest BCUT2D eigenvalue weighted by atomic mass is 16.3. The van der Waals surface area contributed by atoms with E-state index < -0.39 is 5.60 Å². The van der Waals surface area contributed by atoms with Crippen LogP contribution in [-0.2, 0) is 5.60 Å². The average molecular weight is 402 g/mol. The predicted octanol–water partition coefficient (Wildman–Crippen LogP) is 4.63. The van der Waals surface area contributed by atoms with E-state index in [1.54, 1.807) is 0 Å². The van der Waals surface area contributed by atoms with Crippen LogP contribution < -0.4 is 0 Å². The summed E-state index contributed by atoms with van der Waals surface area (Å²) in [6.45, 7) is 0.506. The highest BCUT2D eigenvalue weighted by molar-refractivity contribution is 5.98. The lowest BCUT2D eigenvalue weighted by molar-refractivity contribution is -0.110. The quantitative estimate of drug-likeness (QED) is 0.693. The fourth-order valence-electron chi connectivity index (χ4n) is 5.35. The molecular formula is C25H26N2O3. The second kappa shape index (κ2) is 7.73. The fraction of sp³-hybridized carbons (Fsp3) is 0.360. The topological polar surface area (TPSA) is 66.6 Å². The van der Waals surface area contributed by atoms with Gasteiger partial charge in [-0.2, -0.15) is 0 Å². The number of rotatable bonds is 3. The number of piperidine rings is 1. The number of oxazole rings is 1. The van der Waals surface area contributed by atoms with Crippen LogP contribution >= 0.6 is 0 Å². The molecule has 5 rings (SSSR count). The van der Waals surface area contributed by atoms with Gasteiger partial charge in [0.1, 0.15) is 0 Å². The molecule has 1 saturated heterocycles. The summed E-state index contributed by atoms with van der Waals surface area (Å²) in [5.41, 5.74) is 1.27. The SMILES string of the molecule is O=C(c1ncoc1-c1ccccc1)N1CCC(O)(c2ccccc2)[C@H]2CCCC[C@H]21. The zero-order valence-corrected chi connectivity index (χ0v) is 16.9. The van der Waals surface area contributed by atoms with Crippen molar-refractivity contribution in [3.8, 4) is 11.3 Å². The first-order valence-electron chi connectivity index (χ1n) is 10.8. The minimum absolute atomic E-state index is 0.00512. The molecule has 1 aliphatic heterocycles. The number of aromatic nitrogens is 1. The maximum atomic E-state index is 13.6. The number of hydrogen-bond donors (Lipinski definition) is 1. The number of amides is 1. The molecule has 2 fully saturated rings. The van der Waals surface area contributed by atoms with Gasteiger partial charge in [0.05, 0.1) is 5.60 Å². The highest BCUT2D eigenvalue weighted by Gasteiger charge is 2.50. The van der Waals surface area contributed by atoms with E-state index in [4.69, 9.17) is 4.42 Å². The van der Waals surface area contributed by atoms with Gasteiger partial charge in [0.25, 0.3) is 5.91 Å². The van der Waals surface area contributed by atoms with E-state index >= 15 is 0 Å². The Bertz CT molecular complexity index is 1020. The van der Waals surface area contributed by atoms with Crippen LogP contribution in [0.15, 0.2) is 71.5 Å². The van der Waals surface area contributed by atoms with Gasteiger partial charge in [0, 0.05) is 24.1 Å². The molecule has 1 unspecified atom stereocenters. The summed E-state index contributed by atoms with van der Waals surface area (Å²) >= 11 is 0. The highest BCUT2D eigenvalue weighted by Crippen LogP contribution is 2.47. The molecule has 2 heterocycles. The summed E-state index contributed by atoms with van der Waals surface area (Å²) in [4.78, 5) is 19.8. The number of carbonyl (C=O) groups is 1. The van der Waals surface area contributed by atoms with Crippen molar-refractivity contribution in [3.63, 3.8) is 0 Å². The summed E-state index contributed by atoms with van der Waals surface area (Å²) in [6, 6.07) is 19.6. The zero-order chi connectivity index (χ0) is 20.6. The minimum atomic E-state index is -0.894. The molecule has 2 aromatic carbocycles. The summed E-state index contributed by atoms with van der Waals surface area (Å²) in [6.07, 6.45) is 5.85.